The Balaban J connectivity index is 1.49. The highest BCUT2D eigenvalue weighted by molar-refractivity contribution is 7.12. The average Bonchev–Trinajstić information content (AvgIpc) is 3.61. The van der Waals surface area contributed by atoms with Crippen LogP contribution >= 0.6 is 22.9 Å². The molecule has 0 spiro atoms. The number of imidazole rings is 1. The highest BCUT2D eigenvalue weighted by atomic mass is 35.5. The summed E-state index contributed by atoms with van der Waals surface area (Å²) in [5.74, 6) is -1.52. The van der Waals surface area contributed by atoms with Gasteiger partial charge in [-0.2, -0.15) is 4.73 Å². The van der Waals surface area contributed by atoms with E-state index in [9.17, 15) is 24.3 Å². The lowest BCUT2D eigenvalue weighted by Crippen LogP contribution is -2.42. The second kappa shape index (κ2) is 10.4. The van der Waals surface area contributed by atoms with Crippen LogP contribution in [0.15, 0.2) is 42.0 Å². The SMILES string of the molecule is COC(=O)c1scc(-c2c[nH]c(C3(O)CCc4cc(-c5cc(Cl)ccc5NC(=O)OC(C)(C)C)c[n+]([O-])c43)n2)c1F. The topological polar surface area (TPSA) is 140 Å². The van der Waals surface area contributed by atoms with E-state index in [2.05, 4.69) is 20.0 Å². The van der Waals surface area contributed by atoms with E-state index in [0.29, 0.717) is 38.6 Å². The number of aromatic amines is 1. The molecule has 5 rings (SSSR count). The summed E-state index contributed by atoms with van der Waals surface area (Å²) >= 11 is 7.13. The second-order valence-electron chi connectivity index (χ2n) is 10.5. The molecule has 1 aliphatic rings. The van der Waals surface area contributed by atoms with Crippen molar-refractivity contribution in [1.82, 2.24) is 9.97 Å². The van der Waals surface area contributed by atoms with Gasteiger partial charge in [0.1, 0.15) is 16.3 Å². The van der Waals surface area contributed by atoms with E-state index in [-0.39, 0.29) is 34.1 Å². The van der Waals surface area contributed by atoms with Crippen molar-refractivity contribution in [3.63, 3.8) is 0 Å². The lowest BCUT2D eigenvalue weighted by Gasteiger charge is -2.21. The summed E-state index contributed by atoms with van der Waals surface area (Å²) in [6, 6.07) is 6.58. The van der Waals surface area contributed by atoms with Gasteiger partial charge in [0.2, 0.25) is 11.3 Å². The molecule has 10 nitrogen and oxygen atoms in total. The van der Waals surface area contributed by atoms with E-state index >= 15 is 0 Å². The van der Waals surface area contributed by atoms with Crippen molar-refractivity contribution in [2.75, 3.05) is 12.4 Å². The van der Waals surface area contributed by atoms with Gasteiger partial charge in [0.05, 0.1) is 18.5 Å². The standard InChI is InChI=1S/C28H26ClFN4O6S/c1-27(2,3)40-26(36)33-19-6-5-16(29)10-17(19)15-9-14-7-8-28(37,23(14)34(38)12-15)25-31-11-20(32-25)18-13-41-22(21(18)30)24(35)39-4/h5-6,9-13,37H,7-8H2,1-4H3,(H,31,32)(H,33,36). The number of carbonyl (C=O) groups is 2. The Hall–Kier alpha value is -4.00. The van der Waals surface area contributed by atoms with Gasteiger partial charge in [-0.3, -0.25) is 5.32 Å². The molecule has 0 radical (unpaired) electrons. The predicted octanol–water partition coefficient (Wildman–Crippen LogP) is 5.55. The van der Waals surface area contributed by atoms with E-state index in [1.165, 1.54) is 17.8 Å². The normalized spacial score (nSPS) is 16.4. The third-order valence-corrected chi connectivity index (χ3v) is 7.70. The average molecular weight is 601 g/mol. The molecule has 3 aromatic heterocycles. The van der Waals surface area contributed by atoms with Gasteiger partial charge >= 0.3 is 12.1 Å². The summed E-state index contributed by atoms with van der Waals surface area (Å²) in [6.07, 6.45) is 2.50. The number of nitrogens with zero attached hydrogens (tertiary/aromatic N) is 2. The summed E-state index contributed by atoms with van der Waals surface area (Å²) in [5.41, 5.74) is -0.283. The molecule has 13 heteroatoms. The van der Waals surface area contributed by atoms with Crippen molar-refractivity contribution in [2.45, 2.75) is 44.8 Å². The van der Waals surface area contributed by atoms with E-state index in [4.69, 9.17) is 16.3 Å². The van der Waals surface area contributed by atoms with Crippen LogP contribution in [0.1, 0.15) is 53.9 Å². The third-order valence-electron chi connectivity index (χ3n) is 6.53. The van der Waals surface area contributed by atoms with Crippen molar-refractivity contribution < 1.29 is 33.3 Å². The maximum atomic E-state index is 14.9. The lowest BCUT2D eigenvalue weighted by molar-refractivity contribution is -0.620. The van der Waals surface area contributed by atoms with Gasteiger partial charge in [-0.15, -0.1) is 11.3 Å². The summed E-state index contributed by atoms with van der Waals surface area (Å²) in [6.45, 7) is 5.24. The zero-order valence-electron chi connectivity index (χ0n) is 22.5. The monoisotopic (exact) mass is 600 g/mol. The molecule has 1 aliphatic carbocycles. The highest BCUT2D eigenvalue weighted by Crippen LogP contribution is 2.42. The number of aliphatic hydroxyl groups is 1. The number of hydrogen-bond donors (Lipinski definition) is 3. The number of fused-ring (bicyclic) bond motifs is 1. The van der Waals surface area contributed by atoms with Gasteiger partial charge < -0.3 is 24.8 Å². The molecule has 0 aliphatic heterocycles. The number of aryl methyl sites for hydroxylation is 1. The number of carbonyl (C=O) groups excluding carboxylic acids is 2. The van der Waals surface area contributed by atoms with Gasteiger partial charge in [0.15, 0.2) is 12.0 Å². The molecule has 3 heterocycles. The lowest BCUT2D eigenvalue weighted by atomic mass is 9.98. The Kier molecular flexibility index (Phi) is 7.26. The van der Waals surface area contributed by atoms with Crippen LogP contribution in [0.5, 0.6) is 0 Å². The van der Waals surface area contributed by atoms with E-state index < -0.39 is 29.1 Å². The largest absolute Gasteiger partial charge is 0.618 e. The fourth-order valence-electron chi connectivity index (χ4n) is 4.77. The second-order valence-corrected chi connectivity index (χ2v) is 11.8. The zero-order chi connectivity index (χ0) is 29.7. The van der Waals surface area contributed by atoms with Crippen LogP contribution in [-0.2, 0) is 21.5 Å². The zero-order valence-corrected chi connectivity index (χ0v) is 24.1. The fraction of sp³-hybridized carbons (Fsp3) is 0.286. The van der Waals surface area contributed by atoms with E-state index in [1.807, 2.05) is 0 Å². The predicted molar refractivity (Wildman–Crippen MR) is 150 cm³/mol. The summed E-state index contributed by atoms with van der Waals surface area (Å²) in [5, 5.41) is 29.6. The number of amides is 1. The van der Waals surface area contributed by atoms with Crippen LogP contribution in [-0.4, -0.2) is 39.8 Å². The van der Waals surface area contributed by atoms with Crippen molar-refractivity contribution in [3.8, 4) is 22.4 Å². The number of ether oxygens (including phenoxy) is 2. The molecule has 1 amide bonds. The number of benzene rings is 1. The number of rotatable bonds is 5. The molecule has 0 saturated heterocycles. The number of thiophene rings is 1. The van der Waals surface area contributed by atoms with E-state index in [1.54, 1.807) is 45.0 Å². The molecule has 0 bridgehead atoms. The number of anilines is 1. The first kappa shape index (κ1) is 28.5. The first-order chi connectivity index (χ1) is 19.3. The number of pyridine rings is 1. The van der Waals surface area contributed by atoms with Gasteiger partial charge in [-0.05, 0) is 57.9 Å². The number of aromatic nitrogens is 3. The molecule has 1 unspecified atom stereocenters. The van der Waals surface area contributed by atoms with Gasteiger partial charge in [0, 0.05) is 38.9 Å². The van der Waals surface area contributed by atoms with Crippen LogP contribution < -0.4 is 10.0 Å². The maximum absolute atomic E-state index is 14.9. The number of methoxy groups -OCH3 is 1. The van der Waals surface area contributed by atoms with Crippen LogP contribution in [0.4, 0.5) is 14.9 Å². The minimum atomic E-state index is -1.78. The van der Waals surface area contributed by atoms with Crippen LogP contribution in [0.3, 0.4) is 0 Å². The van der Waals surface area contributed by atoms with Gasteiger partial charge in [-0.25, -0.2) is 19.0 Å². The Morgan fingerprint density at radius 1 is 1.29 bits per heavy atom. The minimum absolute atomic E-state index is 0.0591. The molecule has 0 saturated carbocycles. The summed E-state index contributed by atoms with van der Waals surface area (Å²) < 4.78 is 25.4. The number of hydrogen-bond acceptors (Lipinski definition) is 8. The molecule has 214 valence electrons. The molecule has 41 heavy (non-hydrogen) atoms. The summed E-state index contributed by atoms with van der Waals surface area (Å²) in [4.78, 5) is 31.3. The van der Waals surface area contributed by atoms with E-state index in [0.717, 1.165) is 18.4 Å². The van der Waals surface area contributed by atoms with Gasteiger partial charge in [0.25, 0.3) is 0 Å². The molecule has 3 N–H and O–H groups in total. The third kappa shape index (κ3) is 5.37. The molecular formula is C28H26ClFN4O6S. The molecule has 0 fully saturated rings. The van der Waals surface area contributed by atoms with Crippen molar-refractivity contribution in [3.05, 3.63) is 80.0 Å². The summed E-state index contributed by atoms with van der Waals surface area (Å²) in [7, 11) is 1.16. The molecule has 1 aromatic carbocycles. The Morgan fingerprint density at radius 3 is 2.76 bits per heavy atom. The molecule has 4 aromatic rings. The van der Waals surface area contributed by atoms with Crippen LogP contribution in [0, 0.1) is 11.0 Å². The van der Waals surface area contributed by atoms with Crippen molar-refractivity contribution in [2.24, 2.45) is 0 Å². The Morgan fingerprint density at radius 2 is 2.05 bits per heavy atom. The van der Waals surface area contributed by atoms with Crippen LogP contribution in [0.2, 0.25) is 5.02 Å². The number of nitrogens with one attached hydrogen (secondary N) is 2. The maximum Gasteiger partial charge on any atom is 0.412 e. The fourth-order valence-corrected chi connectivity index (χ4v) is 5.80. The quantitative estimate of drug-likeness (QED) is 0.155. The minimum Gasteiger partial charge on any atom is -0.618 e. The van der Waals surface area contributed by atoms with Gasteiger partial charge in [-0.1, -0.05) is 11.6 Å². The number of halogens is 2. The van der Waals surface area contributed by atoms with Crippen molar-refractivity contribution >= 4 is 40.7 Å². The first-order valence-electron chi connectivity index (χ1n) is 12.5. The molecule has 1 atom stereocenters. The highest BCUT2D eigenvalue weighted by Gasteiger charge is 2.48. The Labute approximate surface area is 243 Å². The smallest absolute Gasteiger partial charge is 0.412 e. The van der Waals surface area contributed by atoms with Crippen LogP contribution in [0.25, 0.3) is 22.4 Å². The Bertz CT molecular complexity index is 1680. The molecular weight excluding hydrogens is 575 g/mol. The first-order valence-corrected chi connectivity index (χ1v) is 13.8. The van der Waals surface area contributed by atoms with Crippen molar-refractivity contribution in [1.29, 1.82) is 0 Å². The number of H-pyrrole nitrogens is 1. The number of esters is 1.